The Balaban J connectivity index is 1.86. The summed E-state index contributed by atoms with van der Waals surface area (Å²) in [5.41, 5.74) is 5.81. The van der Waals surface area contributed by atoms with Gasteiger partial charge in [-0.05, 0) is 54.5 Å². The molecule has 2 N–H and O–H groups in total. The SMILES string of the molecule is CCCN(C)c1ccc(/C=N\NC(=S)Nc2cccc(Cl)c2)cc1. The molecule has 2 rings (SSSR count). The lowest BCUT2D eigenvalue weighted by Crippen LogP contribution is -2.23. The van der Waals surface area contributed by atoms with E-state index in [9.17, 15) is 0 Å². The molecule has 126 valence electrons. The van der Waals surface area contributed by atoms with Crippen LogP contribution in [0.4, 0.5) is 11.4 Å². The van der Waals surface area contributed by atoms with Crippen molar-refractivity contribution in [3.63, 3.8) is 0 Å². The molecule has 0 amide bonds. The van der Waals surface area contributed by atoms with E-state index in [4.69, 9.17) is 23.8 Å². The van der Waals surface area contributed by atoms with Crippen LogP contribution in [0.5, 0.6) is 0 Å². The second-order valence-electron chi connectivity index (χ2n) is 5.35. The van der Waals surface area contributed by atoms with E-state index in [0.717, 1.165) is 24.2 Å². The first-order valence-electron chi connectivity index (χ1n) is 7.75. The van der Waals surface area contributed by atoms with Crippen LogP contribution in [0.15, 0.2) is 53.6 Å². The number of hydrogen-bond donors (Lipinski definition) is 2. The van der Waals surface area contributed by atoms with E-state index >= 15 is 0 Å². The molecule has 0 spiro atoms. The molecule has 0 aliphatic carbocycles. The molecule has 0 aromatic heterocycles. The van der Waals surface area contributed by atoms with Gasteiger partial charge in [0.15, 0.2) is 5.11 Å². The van der Waals surface area contributed by atoms with Gasteiger partial charge < -0.3 is 10.2 Å². The number of benzene rings is 2. The van der Waals surface area contributed by atoms with Crippen molar-refractivity contribution in [3.05, 3.63) is 59.1 Å². The lowest BCUT2D eigenvalue weighted by molar-refractivity contribution is 0.852. The van der Waals surface area contributed by atoms with Gasteiger partial charge in [0.05, 0.1) is 6.21 Å². The van der Waals surface area contributed by atoms with Gasteiger partial charge in [0, 0.05) is 30.0 Å². The molecule has 0 unspecified atom stereocenters. The first kappa shape index (κ1) is 18.2. The van der Waals surface area contributed by atoms with Gasteiger partial charge in [-0.3, -0.25) is 5.43 Å². The highest BCUT2D eigenvalue weighted by Crippen LogP contribution is 2.15. The van der Waals surface area contributed by atoms with Crippen LogP contribution in [0.3, 0.4) is 0 Å². The summed E-state index contributed by atoms with van der Waals surface area (Å²) in [4.78, 5) is 2.23. The predicted molar refractivity (Wildman–Crippen MR) is 108 cm³/mol. The van der Waals surface area contributed by atoms with E-state index in [2.05, 4.69) is 46.8 Å². The van der Waals surface area contributed by atoms with E-state index < -0.39 is 0 Å². The molecule has 0 saturated carbocycles. The van der Waals surface area contributed by atoms with Crippen LogP contribution in [-0.2, 0) is 0 Å². The lowest BCUT2D eigenvalue weighted by atomic mass is 10.2. The minimum absolute atomic E-state index is 0.410. The second-order valence-corrected chi connectivity index (χ2v) is 6.19. The Kier molecular flexibility index (Phi) is 7.03. The Morgan fingerprint density at radius 3 is 2.67 bits per heavy atom. The Bertz CT molecular complexity index is 700. The molecule has 0 heterocycles. The van der Waals surface area contributed by atoms with Crippen molar-refractivity contribution in [2.24, 2.45) is 5.10 Å². The summed E-state index contributed by atoms with van der Waals surface area (Å²) in [5.74, 6) is 0. The standard InChI is InChI=1S/C18H21ClN4S/c1-3-11-23(2)17-9-7-14(8-10-17)13-20-22-18(24)21-16-6-4-5-15(19)12-16/h4-10,12-13H,3,11H2,1-2H3,(H2,21,22,24)/b20-13-. The maximum atomic E-state index is 5.93. The van der Waals surface area contributed by atoms with Gasteiger partial charge in [-0.2, -0.15) is 5.10 Å². The summed E-state index contributed by atoms with van der Waals surface area (Å²) in [6.07, 6.45) is 2.86. The highest BCUT2D eigenvalue weighted by atomic mass is 35.5. The summed E-state index contributed by atoms with van der Waals surface area (Å²) in [5, 5.41) is 8.23. The first-order chi connectivity index (χ1) is 11.6. The number of halogens is 1. The van der Waals surface area contributed by atoms with Crippen molar-refractivity contribution >= 4 is 46.5 Å². The Morgan fingerprint density at radius 1 is 1.25 bits per heavy atom. The van der Waals surface area contributed by atoms with Crippen LogP contribution < -0.4 is 15.6 Å². The maximum Gasteiger partial charge on any atom is 0.191 e. The van der Waals surface area contributed by atoms with Crippen LogP contribution in [0.1, 0.15) is 18.9 Å². The lowest BCUT2D eigenvalue weighted by Gasteiger charge is -2.18. The number of thiocarbonyl (C=S) groups is 1. The van der Waals surface area contributed by atoms with E-state index in [-0.39, 0.29) is 0 Å². The average molecular weight is 361 g/mol. The van der Waals surface area contributed by atoms with Crippen molar-refractivity contribution in [2.75, 3.05) is 23.8 Å². The minimum atomic E-state index is 0.410. The van der Waals surface area contributed by atoms with Crippen LogP contribution in [-0.4, -0.2) is 24.9 Å². The third-order valence-electron chi connectivity index (χ3n) is 3.36. The van der Waals surface area contributed by atoms with Gasteiger partial charge in [0.1, 0.15) is 0 Å². The molecular formula is C18H21ClN4S. The highest BCUT2D eigenvalue weighted by Gasteiger charge is 1.99. The van der Waals surface area contributed by atoms with Gasteiger partial charge >= 0.3 is 0 Å². The third-order valence-corrected chi connectivity index (χ3v) is 3.78. The Labute approximate surface area is 153 Å². The smallest absolute Gasteiger partial charge is 0.191 e. The first-order valence-corrected chi connectivity index (χ1v) is 8.54. The zero-order chi connectivity index (χ0) is 17.4. The fourth-order valence-corrected chi connectivity index (χ4v) is 2.53. The summed E-state index contributed by atoms with van der Waals surface area (Å²) in [7, 11) is 2.09. The fraction of sp³-hybridized carbons (Fsp3) is 0.222. The number of nitrogens with zero attached hydrogens (tertiary/aromatic N) is 2. The Hall–Kier alpha value is -2.11. The van der Waals surface area contributed by atoms with Gasteiger partial charge in [0.25, 0.3) is 0 Å². The zero-order valence-corrected chi connectivity index (χ0v) is 15.4. The van der Waals surface area contributed by atoms with Gasteiger partial charge in [0.2, 0.25) is 0 Å². The highest BCUT2D eigenvalue weighted by molar-refractivity contribution is 7.80. The molecule has 0 radical (unpaired) electrons. The van der Waals surface area contributed by atoms with Gasteiger partial charge in [-0.1, -0.05) is 36.7 Å². The molecule has 0 saturated heterocycles. The molecule has 0 fully saturated rings. The molecule has 0 aliphatic rings. The molecule has 2 aromatic carbocycles. The van der Waals surface area contributed by atoms with Crippen LogP contribution in [0.25, 0.3) is 0 Å². The number of nitrogens with one attached hydrogen (secondary N) is 2. The number of hydrazone groups is 1. The third kappa shape index (κ3) is 5.83. The molecule has 6 heteroatoms. The van der Waals surface area contributed by atoms with E-state index in [1.165, 1.54) is 5.69 Å². The minimum Gasteiger partial charge on any atom is -0.375 e. The number of hydrogen-bond acceptors (Lipinski definition) is 3. The monoisotopic (exact) mass is 360 g/mol. The molecule has 4 nitrogen and oxygen atoms in total. The van der Waals surface area contributed by atoms with Crippen molar-refractivity contribution in [2.45, 2.75) is 13.3 Å². The summed E-state index contributed by atoms with van der Waals surface area (Å²) < 4.78 is 0. The van der Waals surface area contributed by atoms with Crippen molar-refractivity contribution in [1.29, 1.82) is 0 Å². The molecule has 0 aliphatic heterocycles. The maximum absolute atomic E-state index is 5.93. The van der Waals surface area contributed by atoms with Gasteiger partial charge in [-0.15, -0.1) is 0 Å². The van der Waals surface area contributed by atoms with Crippen molar-refractivity contribution < 1.29 is 0 Å². The van der Waals surface area contributed by atoms with E-state index in [1.54, 1.807) is 12.3 Å². The summed E-state index contributed by atoms with van der Waals surface area (Å²) in [6, 6.07) is 15.6. The van der Waals surface area contributed by atoms with Crippen molar-refractivity contribution in [3.8, 4) is 0 Å². The predicted octanol–water partition coefficient (Wildman–Crippen LogP) is 4.51. The van der Waals surface area contributed by atoms with E-state index in [1.807, 2.05) is 30.3 Å². The zero-order valence-electron chi connectivity index (χ0n) is 13.8. The number of anilines is 2. The summed E-state index contributed by atoms with van der Waals surface area (Å²) >= 11 is 11.1. The Morgan fingerprint density at radius 2 is 2.00 bits per heavy atom. The molecule has 0 atom stereocenters. The van der Waals surface area contributed by atoms with Crippen LogP contribution in [0, 0.1) is 0 Å². The number of rotatable bonds is 6. The fourth-order valence-electron chi connectivity index (χ4n) is 2.17. The second kappa shape index (κ2) is 9.25. The average Bonchev–Trinajstić information content (AvgIpc) is 2.55. The molecule has 0 bridgehead atoms. The molecule has 2 aromatic rings. The van der Waals surface area contributed by atoms with Crippen molar-refractivity contribution in [1.82, 2.24) is 5.43 Å². The molecule has 24 heavy (non-hydrogen) atoms. The normalized spacial score (nSPS) is 10.6. The van der Waals surface area contributed by atoms with Crippen LogP contribution >= 0.6 is 23.8 Å². The van der Waals surface area contributed by atoms with E-state index in [0.29, 0.717) is 10.1 Å². The summed E-state index contributed by atoms with van der Waals surface area (Å²) in [6.45, 7) is 3.21. The van der Waals surface area contributed by atoms with Gasteiger partial charge in [-0.25, -0.2) is 0 Å². The van der Waals surface area contributed by atoms with Crippen LogP contribution in [0.2, 0.25) is 5.02 Å². The quantitative estimate of drug-likeness (QED) is 0.452. The topological polar surface area (TPSA) is 39.7 Å². The largest absolute Gasteiger partial charge is 0.375 e. The molecular weight excluding hydrogens is 340 g/mol.